The molecule has 0 aliphatic heterocycles. The van der Waals surface area contributed by atoms with Crippen LogP contribution in [-0.2, 0) is 14.8 Å². The highest BCUT2D eigenvalue weighted by Gasteiger charge is 2.29. The summed E-state index contributed by atoms with van der Waals surface area (Å²) in [6.45, 7) is 0. The van der Waals surface area contributed by atoms with E-state index < -0.39 is 27.6 Å². The van der Waals surface area contributed by atoms with Gasteiger partial charge in [0.2, 0.25) is 10.0 Å². The van der Waals surface area contributed by atoms with Crippen molar-refractivity contribution in [2.75, 3.05) is 0 Å². The Labute approximate surface area is 132 Å². The molecule has 1 aromatic heterocycles. The number of nitrogens with one attached hydrogen (secondary N) is 3. The fourth-order valence-electron chi connectivity index (χ4n) is 2.92. The molecular formula is C14H17N3O5S. The van der Waals surface area contributed by atoms with E-state index in [0.29, 0.717) is 36.7 Å². The average Bonchev–Trinajstić information content (AvgIpc) is 2.86. The highest BCUT2D eigenvalue weighted by Crippen LogP contribution is 2.26. The second kappa shape index (κ2) is 5.82. The zero-order chi connectivity index (χ0) is 16.6. The molecule has 124 valence electrons. The number of sulfonamides is 1. The molecule has 1 aromatic carbocycles. The number of fused-ring (bicyclic) bond motifs is 1. The molecule has 0 radical (unpaired) electrons. The summed E-state index contributed by atoms with van der Waals surface area (Å²) in [7, 11) is -3.71. The third-order valence-electron chi connectivity index (χ3n) is 4.20. The lowest BCUT2D eigenvalue weighted by molar-refractivity contribution is -0.142. The van der Waals surface area contributed by atoms with E-state index >= 15 is 0 Å². The lowest BCUT2D eigenvalue weighted by Crippen LogP contribution is -2.38. The van der Waals surface area contributed by atoms with Crippen molar-refractivity contribution in [2.45, 2.75) is 36.6 Å². The maximum absolute atomic E-state index is 12.4. The SMILES string of the molecule is O=C(O)C1CCC(NS(=O)(=O)c2ccc3[nH]c(=O)[nH]c3c2)CC1. The number of carboxylic acids is 1. The lowest BCUT2D eigenvalue weighted by atomic mass is 9.87. The predicted octanol–water partition coefficient (Wildman–Crippen LogP) is 0.778. The van der Waals surface area contributed by atoms with Gasteiger partial charge < -0.3 is 15.1 Å². The van der Waals surface area contributed by atoms with Gasteiger partial charge in [-0.05, 0) is 43.9 Å². The average molecular weight is 339 g/mol. The quantitative estimate of drug-likeness (QED) is 0.653. The first kappa shape index (κ1) is 15.8. The minimum absolute atomic E-state index is 0.0700. The number of carbonyl (C=O) groups is 1. The second-order valence-corrected chi connectivity index (χ2v) is 7.51. The summed E-state index contributed by atoms with van der Waals surface area (Å²) in [6.07, 6.45) is 1.93. The molecule has 1 heterocycles. The number of hydrogen-bond acceptors (Lipinski definition) is 4. The van der Waals surface area contributed by atoms with Gasteiger partial charge in [0.25, 0.3) is 0 Å². The predicted molar refractivity (Wildman–Crippen MR) is 82.6 cm³/mol. The van der Waals surface area contributed by atoms with Crippen molar-refractivity contribution in [3.8, 4) is 0 Å². The van der Waals surface area contributed by atoms with E-state index in [9.17, 15) is 18.0 Å². The summed E-state index contributed by atoms with van der Waals surface area (Å²) in [5.74, 6) is -1.22. The summed E-state index contributed by atoms with van der Waals surface area (Å²) in [6, 6.07) is 4.09. The molecule has 23 heavy (non-hydrogen) atoms. The Bertz CT molecular complexity index is 891. The fraction of sp³-hybridized carbons (Fsp3) is 0.429. The normalized spacial score (nSPS) is 22.3. The standard InChI is InChI=1S/C14H17N3O5S/c18-13(19)8-1-3-9(4-2-8)17-23(21,22)10-5-6-11-12(7-10)16-14(20)15-11/h5-9,17H,1-4H2,(H,18,19)(H2,15,16,20). The van der Waals surface area contributed by atoms with Crippen molar-refractivity contribution in [1.29, 1.82) is 0 Å². The molecule has 0 spiro atoms. The molecule has 8 nitrogen and oxygen atoms in total. The molecule has 3 rings (SSSR count). The number of rotatable bonds is 4. The van der Waals surface area contributed by atoms with Gasteiger partial charge in [-0.25, -0.2) is 17.9 Å². The molecule has 9 heteroatoms. The Kier molecular flexibility index (Phi) is 3.99. The van der Waals surface area contributed by atoms with Crippen molar-refractivity contribution >= 4 is 27.0 Å². The van der Waals surface area contributed by atoms with Crippen LogP contribution >= 0.6 is 0 Å². The number of aliphatic carboxylic acids is 1. The molecule has 1 fully saturated rings. The van der Waals surface area contributed by atoms with Crippen LogP contribution in [0.1, 0.15) is 25.7 Å². The fourth-order valence-corrected chi connectivity index (χ4v) is 4.26. The zero-order valence-electron chi connectivity index (χ0n) is 12.2. The third kappa shape index (κ3) is 3.30. The van der Waals surface area contributed by atoms with Crippen LogP contribution in [0.2, 0.25) is 0 Å². The van der Waals surface area contributed by atoms with Gasteiger partial charge in [-0.1, -0.05) is 0 Å². The Morgan fingerprint density at radius 2 is 1.78 bits per heavy atom. The summed E-state index contributed by atoms with van der Waals surface area (Å²) < 4.78 is 27.5. The molecule has 0 amide bonds. The summed E-state index contributed by atoms with van der Waals surface area (Å²) >= 11 is 0. The van der Waals surface area contributed by atoms with Gasteiger partial charge in [0.05, 0.1) is 21.8 Å². The van der Waals surface area contributed by atoms with Gasteiger partial charge in [0, 0.05) is 6.04 Å². The highest BCUT2D eigenvalue weighted by atomic mass is 32.2. The van der Waals surface area contributed by atoms with Gasteiger partial charge in [-0.3, -0.25) is 4.79 Å². The van der Waals surface area contributed by atoms with E-state index in [2.05, 4.69) is 14.7 Å². The van der Waals surface area contributed by atoms with E-state index in [4.69, 9.17) is 5.11 Å². The summed E-state index contributed by atoms with van der Waals surface area (Å²) in [5.41, 5.74) is 0.567. The third-order valence-corrected chi connectivity index (χ3v) is 5.71. The summed E-state index contributed by atoms with van der Waals surface area (Å²) in [4.78, 5) is 27.3. The van der Waals surface area contributed by atoms with Crippen LogP contribution in [0, 0.1) is 5.92 Å². The molecule has 1 saturated carbocycles. The smallest absolute Gasteiger partial charge is 0.323 e. The number of H-pyrrole nitrogens is 2. The minimum atomic E-state index is -3.71. The molecule has 0 bridgehead atoms. The highest BCUT2D eigenvalue weighted by molar-refractivity contribution is 7.89. The van der Waals surface area contributed by atoms with E-state index in [1.165, 1.54) is 18.2 Å². The molecule has 0 saturated heterocycles. The van der Waals surface area contributed by atoms with E-state index in [-0.39, 0.29) is 10.9 Å². The number of carboxylic acid groups (broad SMARTS) is 1. The molecule has 4 N–H and O–H groups in total. The molecule has 0 atom stereocenters. The van der Waals surface area contributed by atoms with Gasteiger partial charge in [-0.2, -0.15) is 0 Å². The van der Waals surface area contributed by atoms with Crippen molar-refractivity contribution < 1.29 is 18.3 Å². The Morgan fingerprint density at radius 1 is 1.13 bits per heavy atom. The van der Waals surface area contributed by atoms with Crippen molar-refractivity contribution in [3.05, 3.63) is 28.7 Å². The van der Waals surface area contributed by atoms with Gasteiger partial charge in [0.15, 0.2) is 0 Å². The number of benzene rings is 1. The summed E-state index contributed by atoms with van der Waals surface area (Å²) in [5, 5.41) is 8.97. The van der Waals surface area contributed by atoms with E-state index in [1.807, 2.05) is 0 Å². The van der Waals surface area contributed by atoms with Gasteiger partial charge in [0.1, 0.15) is 0 Å². The first-order valence-corrected chi connectivity index (χ1v) is 8.80. The Morgan fingerprint density at radius 3 is 2.43 bits per heavy atom. The van der Waals surface area contributed by atoms with Crippen LogP contribution < -0.4 is 10.4 Å². The van der Waals surface area contributed by atoms with Crippen LogP contribution in [0.3, 0.4) is 0 Å². The van der Waals surface area contributed by atoms with Crippen molar-refractivity contribution in [3.63, 3.8) is 0 Å². The minimum Gasteiger partial charge on any atom is -0.481 e. The lowest BCUT2D eigenvalue weighted by Gasteiger charge is -2.26. The maximum Gasteiger partial charge on any atom is 0.323 e. The first-order valence-electron chi connectivity index (χ1n) is 7.32. The van der Waals surface area contributed by atoms with Crippen molar-refractivity contribution in [2.24, 2.45) is 5.92 Å². The number of aromatic nitrogens is 2. The monoisotopic (exact) mass is 339 g/mol. The second-order valence-electron chi connectivity index (χ2n) is 5.79. The van der Waals surface area contributed by atoms with E-state index in [1.54, 1.807) is 0 Å². The van der Waals surface area contributed by atoms with Crippen molar-refractivity contribution in [1.82, 2.24) is 14.7 Å². The molecular weight excluding hydrogens is 322 g/mol. The molecule has 1 aliphatic carbocycles. The zero-order valence-corrected chi connectivity index (χ0v) is 13.0. The maximum atomic E-state index is 12.4. The number of hydrogen-bond donors (Lipinski definition) is 4. The van der Waals surface area contributed by atoms with Crippen LogP contribution in [0.5, 0.6) is 0 Å². The molecule has 2 aromatic rings. The van der Waals surface area contributed by atoms with Crippen LogP contribution in [0.15, 0.2) is 27.9 Å². The largest absolute Gasteiger partial charge is 0.481 e. The topological polar surface area (TPSA) is 132 Å². The van der Waals surface area contributed by atoms with Gasteiger partial charge >= 0.3 is 11.7 Å². The number of aromatic amines is 2. The van der Waals surface area contributed by atoms with Crippen LogP contribution in [0.25, 0.3) is 11.0 Å². The van der Waals surface area contributed by atoms with Crippen LogP contribution in [0.4, 0.5) is 0 Å². The number of imidazole rings is 1. The Balaban J connectivity index is 1.75. The van der Waals surface area contributed by atoms with Crippen LogP contribution in [-0.4, -0.2) is 35.5 Å². The molecule has 1 aliphatic rings. The first-order chi connectivity index (χ1) is 10.8. The van der Waals surface area contributed by atoms with E-state index in [0.717, 1.165) is 0 Å². The molecule has 0 unspecified atom stereocenters. The van der Waals surface area contributed by atoms with Gasteiger partial charge in [-0.15, -0.1) is 0 Å². The Hall–Kier alpha value is -2.13.